The maximum atomic E-state index is 8.54. The van der Waals surface area contributed by atoms with Crippen molar-refractivity contribution in [3.05, 3.63) is 35.4 Å². The second kappa shape index (κ2) is 6.39. The molecule has 1 aliphatic rings. The van der Waals surface area contributed by atoms with Crippen LogP contribution >= 0.6 is 0 Å². The molecule has 1 aliphatic heterocycles. The van der Waals surface area contributed by atoms with Gasteiger partial charge in [-0.05, 0) is 17.5 Å². The number of hydrogen-bond acceptors (Lipinski definition) is 3. The van der Waals surface area contributed by atoms with Gasteiger partial charge in [-0.15, -0.1) is 0 Å². The molecule has 1 aromatic carbocycles. The second-order valence-corrected chi connectivity index (χ2v) is 4.50. The minimum Gasteiger partial charge on any atom is -0.314 e. The van der Waals surface area contributed by atoms with E-state index in [0.29, 0.717) is 6.42 Å². The van der Waals surface area contributed by atoms with Crippen LogP contribution in [0.15, 0.2) is 24.3 Å². The summed E-state index contributed by atoms with van der Waals surface area (Å²) in [7, 11) is 0. The van der Waals surface area contributed by atoms with Crippen LogP contribution in [-0.4, -0.2) is 31.1 Å². The highest BCUT2D eigenvalue weighted by molar-refractivity contribution is 5.23. The first kappa shape index (κ1) is 12.1. The number of benzene rings is 1. The molecule has 0 atom stereocenters. The van der Waals surface area contributed by atoms with E-state index in [2.05, 4.69) is 40.6 Å². The van der Waals surface area contributed by atoms with Gasteiger partial charge >= 0.3 is 0 Å². The molecular weight excluding hydrogens is 210 g/mol. The topological polar surface area (TPSA) is 39.1 Å². The molecule has 0 saturated carbocycles. The van der Waals surface area contributed by atoms with E-state index in [-0.39, 0.29) is 0 Å². The Kier molecular flexibility index (Phi) is 4.54. The molecule has 1 saturated heterocycles. The van der Waals surface area contributed by atoms with Gasteiger partial charge in [0.15, 0.2) is 0 Å². The maximum Gasteiger partial charge on any atom is 0.0625 e. The molecule has 3 heteroatoms. The fourth-order valence-electron chi connectivity index (χ4n) is 2.14. The lowest BCUT2D eigenvalue weighted by Crippen LogP contribution is -2.42. The van der Waals surface area contributed by atoms with Gasteiger partial charge < -0.3 is 5.32 Å². The lowest BCUT2D eigenvalue weighted by atomic mass is 10.1. The monoisotopic (exact) mass is 229 g/mol. The quantitative estimate of drug-likeness (QED) is 0.851. The van der Waals surface area contributed by atoms with Crippen molar-refractivity contribution in [2.75, 3.05) is 26.2 Å². The highest BCUT2D eigenvalue weighted by atomic mass is 15.2. The molecule has 2 rings (SSSR count). The zero-order valence-electron chi connectivity index (χ0n) is 10.2. The molecule has 0 spiro atoms. The molecule has 1 fully saturated rings. The summed E-state index contributed by atoms with van der Waals surface area (Å²) in [4.78, 5) is 2.47. The first-order chi connectivity index (χ1) is 8.38. The first-order valence-electron chi connectivity index (χ1n) is 6.26. The Morgan fingerprint density at radius 1 is 1.12 bits per heavy atom. The second-order valence-electron chi connectivity index (χ2n) is 4.50. The largest absolute Gasteiger partial charge is 0.314 e. The van der Waals surface area contributed by atoms with Crippen LogP contribution in [0.5, 0.6) is 0 Å². The van der Waals surface area contributed by atoms with Crippen LogP contribution in [0.1, 0.15) is 17.5 Å². The van der Waals surface area contributed by atoms with E-state index >= 15 is 0 Å². The summed E-state index contributed by atoms with van der Waals surface area (Å²) in [5, 5.41) is 11.9. The number of rotatable bonds is 4. The van der Waals surface area contributed by atoms with Crippen LogP contribution in [0.2, 0.25) is 0 Å². The predicted molar refractivity (Wildman–Crippen MR) is 68.5 cm³/mol. The van der Waals surface area contributed by atoms with Gasteiger partial charge in [-0.25, -0.2) is 0 Å². The summed E-state index contributed by atoms with van der Waals surface area (Å²) in [6.45, 7) is 5.51. The molecular formula is C14H19N3. The summed E-state index contributed by atoms with van der Waals surface area (Å²) < 4.78 is 0. The number of nitrogens with one attached hydrogen (secondary N) is 1. The molecule has 0 radical (unpaired) electrons. The number of nitrogens with zero attached hydrogens (tertiary/aromatic N) is 2. The molecule has 0 unspecified atom stereocenters. The van der Waals surface area contributed by atoms with Crippen LogP contribution in [0.4, 0.5) is 0 Å². The van der Waals surface area contributed by atoms with E-state index in [4.69, 9.17) is 5.26 Å². The smallest absolute Gasteiger partial charge is 0.0625 e. The lowest BCUT2D eigenvalue weighted by molar-refractivity contribution is 0.233. The first-order valence-corrected chi connectivity index (χ1v) is 6.26. The summed E-state index contributed by atoms with van der Waals surface area (Å²) in [5.74, 6) is 0. The van der Waals surface area contributed by atoms with Crippen LogP contribution in [0.25, 0.3) is 0 Å². The van der Waals surface area contributed by atoms with Gasteiger partial charge in [0.05, 0.1) is 6.07 Å². The van der Waals surface area contributed by atoms with Crippen molar-refractivity contribution < 1.29 is 0 Å². The van der Waals surface area contributed by atoms with E-state index in [1.807, 2.05) is 0 Å². The third-order valence-corrected chi connectivity index (χ3v) is 3.16. The Balaban J connectivity index is 1.86. The summed E-state index contributed by atoms with van der Waals surface area (Å²) >= 11 is 0. The van der Waals surface area contributed by atoms with Gasteiger partial charge in [0.1, 0.15) is 0 Å². The molecule has 0 amide bonds. The van der Waals surface area contributed by atoms with Crippen molar-refractivity contribution in [2.45, 2.75) is 19.4 Å². The van der Waals surface area contributed by atoms with Gasteiger partial charge in [0, 0.05) is 39.1 Å². The van der Waals surface area contributed by atoms with E-state index in [1.165, 1.54) is 11.1 Å². The van der Waals surface area contributed by atoms with Crippen LogP contribution in [-0.2, 0) is 13.0 Å². The molecule has 90 valence electrons. The fraction of sp³-hybridized carbons (Fsp3) is 0.500. The molecule has 1 N–H and O–H groups in total. The Morgan fingerprint density at radius 2 is 1.76 bits per heavy atom. The van der Waals surface area contributed by atoms with Crippen molar-refractivity contribution in [1.29, 1.82) is 5.26 Å². The number of piperazine rings is 1. The molecule has 3 nitrogen and oxygen atoms in total. The van der Waals surface area contributed by atoms with E-state index in [1.54, 1.807) is 0 Å². The average Bonchev–Trinajstić information content (AvgIpc) is 2.39. The zero-order chi connectivity index (χ0) is 11.9. The van der Waals surface area contributed by atoms with Crippen LogP contribution < -0.4 is 5.32 Å². The number of nitriles is 1. The molecule has 0 aromatic heterocycles. The SMILES string of the molecule is N#CCCc1ccc(CN2CCNCC2)cc1. The minimum atomic E-state index is 0.608. The molecule has 1 aromatic rings. The van der Waals surface area contributed by atoms with Gasteiger partial charge in [-0.3, -0.25) is 4.90 Å². The predicted octanol–water partition coefficient (Wildman–Crippen LogP) is 1.55. The Morgan fingerprint density at radius 3 is 2.41 bits per heavy atom. The van der Waals surface area contributed by atoms with Gasteiger partial charge in [0.2, 0.25) is 0 Å². The summed E-state index contributed by atoms with van der Waals surface area (Å²) in [6, 6.07) is 10.9. The zero-order valence-corrected chi connectivity index (χ0v) is 10.2. The standard InChI is InChI=1S/C14H19N3/c15-7-1-2-13-3-5-14(6-4-13)12-17-10-8-16-9-11-17/h3-6,16H,1-2,8-12H2. The normalized spacial score (nSPS) is 16.6. The summed E-state index contributed by atoms with van der Waals surface area (Å²) in [6.07, 6.45) is 1.47. The Hall–Kier alpha value is -1.37. The average molecular weight is 229 g/mol. The van der Waals surface area contributed by atoms with E-state index < -0.39 is 0 Å². The van der Waals surface area contributed by atoms with E-state index in [0.717, 1.165) is 39.1 Å². The molecule has 0 aliphatic carbocycles. The van der Waals surface area contributed by atoms with Crippen molar-refractivity contribution in [1.82, 2.24) is 10.2 Å². The van der Waals surface area contributed by atoms with Crippen LogP contribution in [0, 0.1) is 11.3 Å². The minimum absolute atomic E-state index is 0.608. The van der Waals surface area contributed by atoms with Crippen molar-refractivity contribution in [3.8, 4) is 6.07 Å². The number of hydrogen-bond donors (Lipinski definition) is 1. The lowest BCUT2D eigenvalue weighted by Gasteiger charge is -2.27. The van der Waals surface area contributed by atoms with Gasteiger partial charge in [-0.1, -0.05) is 24.3 Å². The molecule has 0 bridgehead atoms. The highest BCUT2D eigenvalue weighted by Gasteiger charge is 2.09. The summed E-state index contributed by atoms with van der Waals surface area (Å²) in [5.41, 5.74) is 2.63. The van der Waals surface area contributed by atoms with Crippen molar-refractivity contribution in [3.63, 3.8) is 0 Å². The van der Waals surface area contributed by atoms with E-state index in [9.17, 15) is 0 Å². The van der Waals surface area contributed by atoms with Crippen LogP contribution in [0.3, 0.4) is 0 Å². The number of aryl methyl sites for hydroxylation is 1. The molecule has 17 heavy (non-hydrogen) atoms. The van der Waals surface area contributed by atoms with Crippen molar-refractivity contribution in [2.24, 2.45) is 0 Å². The maximum absolute atomic E-state index is 8.54. The Bertz CT molecular complexity index is 371. The third-order valence-electron chi connectivity index (χ3n) is 3.16. The third kappa shape index (κ3) is 3.85. The van der Waals surface area contributed by atoms with Crippen molar-refractivity contribution >= 4 is 0 Å². The fourth-order valence-corrected chi connectivity index (χ4v) is 2.14. The molecule has 1 heterocycles. The highest BCUT2D eigenvalue weighted by Crippen LogP contribution is 2.09. The Labute approximate surface area is 103 Å². The van der Waals surface area contributed by atoms with Gasteiger partial charge in [0.25, 0.3) is 0 Å². The van der Waals surface area contributed by atoms with Gasteiger partial charge in [-0.2, -0.15) is 5.26 Å².